The van der Waals surface area contributed by atoms with Gasteiger partial charge in [0.05, 0.1) is 6.33 Å². The maximum atomic E-state index is 13.3. The summed E-state index contributed by atoms with van der Waals surface area (Å²) in [5, 5.41) is 0. The van der Waals surface area contributed by atoms with Crippen LogP contribution in [0.5, 0.6) is 0 Å². The summed E-state index contributed by atoms with van der Waals surface area (Å²) < 4.78 is 13.3. The van der Waals surface area contributed by atoms with Crippen LogP contribution < -0.4 is 0 Å². The standard InChI is InChI=1S/C20H25F/c1-3-17(18-7-5-4-6-8-18)13-14-20(15-21)19-11-9-16(2)10-12-19/h3-5,7,9,11,15H,6,8,10,12-14H2,1-2H3/b17-3+,20-15-. The van der Waals surface area contributed by atoms with Gasteiger partial charge in [-0.05, 0) is 74.7 Å². The van der Waals surface area contributed by atoms with Crippen molar-refractivity contribution in [2.24, 2.45) is 0 Å². The van der Waals surface area contributed by atoms with Gasteiger partial charge in [-0.2, -0.15) is 0 Å². The second kappa shape index (κ2) is 7.97. The molecule has 0 aromatic heterocycles. The first-order chi connectivity index (χ1) is 10.2. The van der Waals surface area contributed by atoms with Crippen molar-refractivity contribution < 1.29 is 4.39 Å². The van der Waals surface area contributed by atoms with E-state index in [0.29, 0.717) is 0 Å². The Kier molecular flexibility index (Phi) is 5.98. The third kappa shape index (κ3) is 4.42. The molecule has 0 aliphatic heterocycles. The van der Waals surface area contributed by atoms with Crippen LogP contribution in [0.1, 0.15) is 52.4 Å². The van der Waals surface area contributed by atoms with Gasteiger partial charge in [-0.3, -0.25) is 0 Å². The number of allylic oxidation sites excluding steroid dienone is 11. The van der Waals surface area contributed by atoms with Gasteiger partial charge in [0.25, 0.3) is 0 Å². The highest BCUT2D eigenvalue weighted by atomic mass is 19.1. The van der Waals surface area contributed by atoms with Gasteiger partial charge < -0.3 is 0 Å². The maximum Gasteiger partial charge on any atom is 0.0901 e. The number of hydrogen-bond acceptors (Lipinski definition) is 0. The fourth-order valence-corrected chi connectivity index (χ4v) is 2.92. The second-order valence-electron chi connectivity index (χ2n) is 5.81. The number of hydrogen-bond donors (Lipinski definition) is 0. The molecular formula is C20H25F. The molecule has 0 radical (unpaired) electrons. The van der Waals surface area contributed by atoms with E-state index in [9.17, 15) is 4.39 Å². The minimum atomic E-state index is 0.788. The van der Waals surface area contributed by atoms with Gasteiger partial charge in [-0.15, -0.1) is 0 Å². The summed E-state index contributed by atoms with van der Waals surface area (Å²) in [7, 11) is 0. The Balaban J connectivity index is 2.00. The molecule has 0 aromatic rings. The predicted molar refractivity (Wildman–Crippen MR) is 89.7 cm³/mol. The van der Waals surface area contributed by atoms with Crippen molar-refractivity contribution in [3.63, 3.8) is 0 Å². The van der Waals surface area contributed by atoms with Gasteiger partial charge in [-0.25, -0.2) is 4.39 Å². The van der Waals surface area contributed by atoms with E-state index in [1.807, 2.05) is 0 Å². The van der Waals surface area contributed by atoms with E-state index >= 15 is 0 Å². The molecule has 21 heavy (non-hydrogen) atoms. The maximum absolute atomic E-state index is 13.3. The van der Waals surface area contributed by atoms with E-state index in [1.54, 1.807) is 0 Å². The monoisotopic (exact) mass is 284 g/mol. The van der Waals surface area contributed by atoms with Crippen molar-refractivity contribution in [3.05, 3.63) is 70.7 Å². The second-order valence-corrected chi connectivity index (χ2v) is 5.81. The molecule has 0 N–H and O–H groups in total. The largest absolute Gasteiger partial charge is 0.215 e. The lowest BCUT2D eigenvalue weighted by atomic mass is 9.88. The molecule has 112 valence electrons. The Labute approximate surface area is 128 Å². The van der Waals surface area contributed by atoms with Crippen molar-refractivity contribution in [2.45, 2.75) is 52.4 Å². The van der Waals surface area contributed by atoms with Crippen LogP contribution in [0, 0.1) is 0 Å². The molecule has 0 atom stereocenters. The predicted octanol–water partition coefficient (Wildman–Crippen LogP) is 6.51. The van der Waals surface area contributed by atoms with E-state index in [4.69, 9.17) is 0 Å². The van der Waals surface area contributed by atoms with E-state index in [-0.39, 0.29) is 0 Å². The Morgan fingerprint density at radius 3 is 2.38 bits per heavy atom. The van der Waals surface area contributed by atoms with Crippen LogP contribution in [0.2, 0.25) is 0 Å². The van der Waals surface area contributed by atoms with Crippen molar-refractivity contribution in [2.75, 3.05) is 0 Å². The molecule has 0 unspecified atom stereocenters. The molecule has 2 rings (SSSR count). The first kappa shape index (κ1) is 15.8. The fraction of sp³-hybridized carbons (Fsp3) is 0.400. The van der Waals surface area contributed by atoms with Gasteiger partial charge in [0.15, 0.2) is 0 Å². The lowest BCUT2D eigenvalue weighted by molar-refractivity contribution is 0.694. The summed E-state index contributed by atoms with van der Waals surface area (Å²) in [6, 6.07) is 0. The highest BCUT2D eigenvalue weighted by Gasteiger charge is 2.12. The van der Waals surface area contributed by atoms with Crippen molar-refractivity contribution in [1.82, 2.24) is 0 Å². The smallest absolute Gasteiger partial charge is 0.0901 e. The molecule has 0 bridgehead atoms. The molecule has 0 saturated carbocycles. The summed E-state index contributed by atoms with van der Waals surface area (Å²) in [5.41, 5.74) is 6.18. The molecule has 0 fully saturated rings. The molecule has 0 spiro atoms. The quantitative estimate of drug-likeness (QED) is 0.540. The average molecular weight is 284 g/mol. The zero-order valence-corrected chi connectivity index (χ0v) is 13.2. The molecule has 1 heteroatoms. The Morgan fingerprint density at radius 1 is 1.05 bits per heavy atom. The van der Waals surface area contributed by atoms with Crippen LogP contribution in [0.3, 0.4) is 0 Å². The first-order valence-corrected chi connectivity index (χ1v) is 7.91. The molecule has 0 nitrogen and oxygen atoms in total. The number of rotatable bonds is 5. The third-order valence-corrected chi connectivity index (χ3v) is 4.34. The topological polar surface area (TPSA) is 0 Å². The molecule has 0 aromatic carbocycles. The van der Waals surface area contributed by atoms with Gasteiger partial charge in [0, 0.05) is 0 Å². The Bertz CT molecular complexity index is 550. The normalized spacial score (nSPS) is 20.0. The Hall–Kier alpha value is -1.63. The number of halogens is 1. The molecule has 0 heterocycles. The van der Waals surface area contributed by atoms with Crippen LogP contribution >= 0.6 is 0 Å². The third-order valence-electron chi connectivity index (χ3n) is 4.34. The zero-order chi connectivity index (χ0) is 15.1. The lowest BCUT2D eigenvalue weighted by Gasteiger charge is -2.17. The van der Waals surface area contributed by atoms with Gasteiger partial charge in [0.1, 0.15) is 0 Å². The summed E-state index contributed by atoms with van der Waals surface area (Å²) >= 11 is 0. The van der Waals surface area contributed by atoms with Crippen molar-refractivity contribution >= 4 is 0 Å². The zero-order valence-electron chi connectivity index (χ0n) is 13.2. The first-order valence-electron chi connectivity index (χ1n) is 7.91. The fourth-order valence-electron chi connectivity index (χ4n) is 2.92. The Morgan fingerprint density at radius 2 is 1.81 bits per heavy atom. The molecule has 2 aliphatic rings. The summed E-state index contributed by atoms with van der Waals surface area (Å²) in [6.45, 7) is 4.21. The summed E-state index contributed by atoms with van der Waals surface area (Å²) in [6.07, 6.45) is 19.7. The molecule has 0 amide bonds. The summed E-state index contributed by atoms with van der Waals surface area (Å²) in [4.78, 5) is 0. The molecule has 2 aliphatic carbocycles. The molecular weight excluding hydrogens is 259 g/mol. The van der Waals surface area contributed by atoms with Gasteiger partial charge >= 0.3 is 0 Å². The van der Waals surface area contributed by atoms with E-state index < -0.39 is 0 Å². The minimum Gasteiger partial charge on any atom is -0.215 e. The van der Waals surface area contributed by atoms with Crippen molar-refractivity contribution in [1.29, 1.82) is 0 Å². The highest BCUT2D eigenvalue weighted by Crippen LogP contribution is 2.30. The van der Waals surface area contributed by atoms with Crippen LogP contribution in [0.25, 0.3) is 0 Å². The minimum absolute atomic E-state index is 0.788. The van der Waals surface area contributed by atoms with Crippen molar-refractivity contribution in [3.8, 4) is 0 Å². The van der Waals surface area contributed by atoms with Crippen LogP contribution in [-0.4, -0.2) is 0 Å². The van der Waals surface area contributed by atoms with E-state index in [2.05, 4.69) is 50.3 Å². The summed E-state index contributed by atoms with van der Waals surface area (Å²) in [5.74, 6) is 0. The van der Waals surface area contributed by atoms with Crippen LogP contribution in [-0.2, 0) is 0 Å². The van der Waals surface area contributed by atoms with E-state index in [1.165, 1.54) is 16.7 Å². The van der Waals surface area contributed by atoms with E-state index in [0.717, 1.165) is 56.0 Å². The molecule has 0 saturated heterocycles. The van der Waals surface area contributed by atoms with Crippen LogP contribution in [0.15, 0.2) is 70.7 Å². The lowest BCUT2D eigenvalue weighted by Crippen LogP contribution is -1.98. The SMILES string of the molecule is C/C=C(\CC/C(=C/F)C1=CC=C(C)CC1)C1=CC=CCC1. The van der Waals surface area contributed by atoms with Crippen LogP contribution in [0.4, 0.5) is 4.39 Å². The highest BCUT2D eigenvalue weighted by molar-refractivity contribution is 5.40. The van der Waals surface area contributed by atoms with Gasteiger partial charge in [-0.1, -0.05) is 42.0 Å². The average Bonchev–Trinajstić information content (AvgIpc) is 2.54. The van der Waals surface area contributed by atoms with Gasteiger partial charge in [0.2, 0.25) is 0 Å².